The molecule has 1 unspecified atom stereocenters. The Balaban J connectivity index is 1.85. The largest absolute Gasteiger partial charge is 0.352 e. The van der Waals surface area contributed by atoms with Crippen molar-refractivity contribution in [3.63, 3.8) is 0 Å². The van der Waals surface area contributed by atoms with Gasteiger partial charge >= 0.3 is 0 Å². The summed E-state index contributed by atoms with van der Waals surface area (Å²) in [5.74, 6) is 0. The summed E-state index contributed by atoms with van der Waals surface area (Å²) in [6, 6.07) is 17.2. The molecule has 2 heterocycles. The van der Waals surface area contributed by atoms with E-state index in [0.717, 1.165) is 19.6 Å². The van der Waals surface area contributed by atoms with Crippen molar-refractivity contribution in [1.29, 1.82) is 0 Å². The maximum atomic E-state index is 5.60. The SMILES string of the molecule is CCN1CC2=C(NC(=S)NC2c2ccccc2C)/C(=C/c2ccccc2C)C1. The van der Waals surface area contributed by atoms with Gasteiger partial charge in [-0.15, -0.1) is 0 Å². The lowest BCUT2D eigenvalue weighted by molar-refractivity contribution is 0.316. The van der Waals surface area contributed by atoms with Gasteiger partial charge in [0.05, 0.1) is 6.04 Å². The Morgan fingerprint density at radius 3 is 2.46 bits per heavy atom. The van der Waals surface area contributed by atoms with Crippen molar-refractivity contribution in [2.75, 3.05) is 19.6 Å². The van der Waals surface area contributed by atoms with Crippen LogP contribution in [0.3, 0.4) is 0 Å². The molecule has 2 aromatic rings. The molecule has 0 spiro atoms. The zero-order chi connectivity index (χ0) is 19.7. The Morgan fingerprint density at radius 1 is 1.04 bits per heavy atom. The molecule has 2 aliphatic rings. The Kier molecular flexibility index (Phi) is 5.33. The predicted octanol–water partition coefficient (Wildman–Crippen LogP) is 4.50. The lowest BCUT2D eigenvalue weighted by Gasteiger charge is -2.40. The van der Waals surface area contributed by atoms with Crippen LogP contribution in [0.2, 0.25) is 0 Å². The molecule has 144 valence electrons. The molecular weight excluding hydrogens is 362 g/mol. The van der Waals surface area contributed by atoms with Crippen molar-refractivity contribution in [2.45, 2.75) is 26.8 Å². The molecule has 0 aromatic heterocycles. The fraction of sp³-hybridized carbons (Fsp3) is 0.292. The Labute approximate surface area is 173 Å². The monoisotopic (exact) mass is 389 g/mol. The van der Waals surface area contributed by atoms with Gasteiger partial charge in [-0.05, 0) is 72.1 Å². The number of hydrogen-bond donors (Lipinski definition) is 2. The normalized spacial score (nSPS) is 21.3. The lowest BCUT2D eigenvalue weighted by Crippen LogP contribution is -2.50. The number of hydrogen-bond acceptors (Lipinski definition) is 2. The quantitative estimate of drug-likeness (QED) is 0.756. The Hall–Kier alpha value is -2.43. The second-order valence-corrected chi connectivity index (χ2v) is 8.03. The van der Waals surface area contributed by atoms with Gasteiger partial charge in [0.25, 0.3) is 0 Å². The summed E-state index contributed by atoms with van der Waals surface area (Å²) in [6.45, 7) is 9.46. The minimum absolute atomic E-state index is 0.111. The van der Waals surface area contributed by atoms with Crippen molar-refractivity contribution in [3.05, 3.63) is 87.6 Å². The second kappa shape index (κ2) is 7.90. The smallest absolute Gasteiger partial charge is 0.171 e. The Bertz CT molecular complexity index is 973. The fourth-order valence-electron chi connectivity index (χ4n) is 4.12. The number of thiocarbonyl (C=S) groups is 1. The van der Waals surface area contributed by atoms with Crippen LogP contribution in [-0.4, -0.2) is 29.6 Å². The highest BCUT2D eigenvalue weighted by Gasteiger charge is 2.33. The van der Waals surface area contributed by atoms with Crippen LogP contribution in [0.25, 0.3) is 6.08 Å². The first-order valence-corrected chi connectivity index (χ1v) is 10.3. The van der Waals surface area contributed by atoms with Crippen LogP contribution >= 0.6 is 12.2 Å². The van der Waals surface area contributed by atoms with Crippen LogP contribution in [0.1, 0.15) is 35.2 Å². The van der Waals surface area contributed by atoms with E-state index in [0.29, 0.717) is 5.11 Å². The molecule has 0 bridgehead atoms. The van der Waals surface area contributed by atoms with Crippen LogP contribution in [-0.2, 0) is 0 Å². The summed E-state index contributed by atoms with van der Waals surface area (Å²) >= 11 is 5.60. The third-order valence-corrected chi connectivity index (χ3v) is 5.98. The van der Waals surface area contributed by atoms with Crippen molar-refractivity contribution in [1.82, 2.24) is 15.5 Å². The molecule has 0 fully saturated rings. The predicted molar refractivity (Wildman–Crippen MR) is 121 cm³/mol. The third-order valence-electron chi connectivity index (χ3n) is 5.76. The van der Waals surface area contributed by atoms with Crippen LogP contribution < -0.4 is 10.6 Å². The number of rotatable bonds is 3. The number of aryl methyl sites for hydroxylation is 2. The van der Waals surface area contributed by atoms with E-state index < -0.39 is 0 Å². The molecule has 2 aliphatic heterocycles. The van der Waals surface area contributed by atoms with Gasteiger partial charge in [-0.3, -0.25) is 4.90 Å². The van der Waals surface area contributed by atoms with Crippen molar-refractivity contribution < 1.29 is 0 Å². The molecule has 1 atom stereocenters. The zero-order valence-electron chi connectivity index (χ0n) is 16.8. The molecule has 4 rings (SSSR count). The van der Waals surface area contributed by atoms with Gasteiger partial charge in [-0.1, -0.05) is 55.5 Å². The van der Waals surface area contributed by atoms with E-state index >= 15 is 0 Å². The molecule has 0 saturated heterocycles. The van der Waals surface area contributed by atoms with Crippen LogP contribution in [0, 0.1) is 13.8 Å². The van der Waals surface area contributed by atoms with Gasteiger partial charge in [0.2, 0.25) is 0 Å². The van der Waals surface area contributed by atoms with Gasteiger partial charge in [-0.2, -0.15) is 0 Å². The number of likely N-dealkylation sites (N-methyl/N-ethyl adjacent to an activating group) is 1. The van der Waals surface area contributed by atoms with E-state index in [2.05, 4.69) is 90.9 Å². The third kappa shape index (κ3) is 3.62. The topological polar surface area (TPSA) is 27.3 Å². The summed E-state index contributed by atoms with van der Waals surface area (Å²) in [5.41, 5.74) is 9.01. The summed E-state index contributed by atoms with van der Waals surface area (Å²) < 4.78 is 0. The average Bonchev–Trinajstić information content (AvgIpc) is 2.70. The van der Waals surface area contributed by atoms with Gasteiger partial charge < -0.3 is 10.6 Å². The highest BCUT2D eigenvalue weighted by molar-refractivity contribution is 7.80. The molecule has 3 nitrogen and oxygen atoms in total. The van der Waals surface area contributed by atoms with Crippen LogP contribution in [0.5, 0.6) is 0 Å². The van der Waals surface area contributed by atoms with Crippen molar-refractivity contribution in [2.24, 2.45) is 0 Å². The van der Waals surface area contributed by atoms with E-state index in [1.165, 1.54) is 39.1 Å². The summed E-state index contributed by atoms with van der Waals surface area (Å²) in [7, 11) is 0. The van der Waals surface area contributed by atoms with Gasteiger partial charge in [0, 0.05) is 18.8 Å². The van der Waals surface area contributed by atoms with Crippen molar-refractivity contribution >= 4 is 23.4 Å². The molecule has 0 radical (unpaired) electrons. The number of nitrogens with one attached hydrogen (secondary N) is 2. The lowest BCUT2D eigenvalue weighted by atomic mass is 9.87. The first-order chi connectivity index (χ1) is 13.6. The molecule has 0 aliphatic carbocycles. The molecule has 2 N–H and O–H groups in total. The second-order valence-electron chi connectivity index (χ2n) is 7.62. The van der Waals surface area contributed by atoms with Crippen molar-refractivity contribution in [3.8, 4) is 0 Å². The zero-order valence-corrected chi connectivity index (χ0v) is 17.6. The highest BCUT2D eigenvalue weighted by Crippen LogP contribution is 2.35. The van der Waals surface area contributed by atoms with Gasteiger partial charge in [0.15, 0.2) is 5.11 Å². The molecule has 4 heteroatoms. The summed E-state index contributed by atoms with van der Waals surface area (Å²) in [4.78, 5) is 2.49. The van der Waals surface area contributed by atoms with E-state index in [4.69, 9.17) is 12.2 Å². The van der Waals surface area contributed by atoms with E-state index in [1.807, 2.05) is 0 Å². The maximum absolute atomic E-state index is 5.60. The first kappa shape index (κ1) is 18.9. The van der Waals surface area contributed by atoms with E-state index in [-0.39, 0.29) is 6.04 Å². The van der Waals surface area contributed by atoms with E-state index in [1.54, 1.807) is 0 Å². The molecular formula is C24H27N3S. The number of benzene rings is 2. The molecule has 2 aromatic carbocycles. The molecule has 0 saturated carbocycles. The van der Waals surface area contributed by atoms with Crippen LogP contribution in [0.4, 0.5) is 0 Å². The summed E-state index contributed by atoms with van der Waals surface area (Å²) in [6.07, 6.45) is 2.32. The molecule has 28 heavy (non-hydrogen) atoms. The van der Waals surface area contributed by atoms with E-state index in [9.17, 15) is 0 Å². The molecule has 0 amide bonds. The van der Waals surface area contributed by atoms with Gasteiger partial charge in [-0.25, -0.2) is 0 Å². The van der Waals surface area contributed by atoms with Crippen LogP contribution in [0.15, 0.2) is 65.4 Å². The Morgan fingerprint density at radius 2 is 1.75 bits per heavy atom. The standard InChI is InChI=1S/C24H27N3S/c1-4-27-14-19(13-18-11-7-5-9-16(18)2)22-21(15-27)23(26-24(28)25-22)20-12-8-6-10-17(20)3/h5-13,23H,4,14-15H2,1-3H3,(H2,25,26,28)/b19-13+. The maximum Gasteiger partial charge on any atom is 0.171 e. The summed E-state index contributed by atoms with van der Waals surface area (Å²) in [5, 5.41) is 7.70. The van der Waals surface area contributed by atoms with Gasteiger partial charge in [0.1, 0.15) is 0 Å². The minimum Gasteiger partial charge on any atom is -0.352 e. The fourth-order valence-corrected chi connectivity index (χ4v) is 4.34. The highest BCUT2D eigenvalue weighted by atomic mass is 32.1. The number of nitrogens with zero attached hydrogens (tertiary/aromatic N) is 1. The first-order valence-electron chi connectivity index (χ1n) is 9.92. The minimum atomic E-state index is 0.111. The average molecular weight is 390 g/mol.